The van der Waals surface area contributed by atoms with Gasteiger partial charge in [-0.3, -0.25) is 0 Å². The Balaban J connectivity index is 1.62. The van der Waals surface area contributed by atoms with Crippen molar-refractivity contribution in [3.63, 3.8) is 0 Å². The minimum atomic E-state index is -0.0175. The summed E-state index contributed by atoms with van der Waals surface area (Å²) in [5, 5.41) is 3.51. The van der Waals surface area contributed by atoms with E-state index in [1.165, 1.54) is 30.4 Å². The summed E-state index contributed by atoms with van der Waals surface area (Å²) in [6, 6.07) is 19.1. The minimum Gasteiger partial charge on any atom is -0.383 e. The van der Waals surface area contributed by atoms with Crippen LogP contribution >= 0.6 is 0 Å². The Hall–Kier alpha value is -1.80. The van der Waals surface area contributed by atoms with E-state index in [0.29, 0.717) is 0 Å². The quantitative estimate of drug-likeness (QED) is 0.869. The fourth-order valence-corrected chi connectivity index (χ4v) is 3.12. The Kier molecular flexibility index (Phi) is 4.26. The molecule has 3 rings (SSSR count). The summed E-state index contributed by atoms with van der Waals surface area (Å²) in [5.74, 6) is 0. The van der Waals surface area contributed by atoms with Crippen molar-refractivity contribution in [3.8, 4) is 11.1 Å². The zero-order chi connectivity index (χ0) is 14.5. The lowest BCUT2D eigenvalue weighted by molar-refractivity contribution is 0.311. The average Bonchev–Trinajstić information content (AvgIpc) is 2.55. The predicted molar refractivity (Wildman–Crippen MR) is 90.4 cm³/mol. The molecule has 1 aliphatic carbocycles. The Labute approximate surface area is 127 Å². The Morgan fingerprint density at radius 1 is 0.810 bits per heavy atom. The highest BCUT2D eigenvalue weighted by molar-refractivity contribution is 5.65. The van der Waals surface area contributed by atoms with E-state index in [0.717, 1.165) is 25.1 Å². The third-order valence-electron chi connectivity index (χ3n) is 4.49. The van der Waals surface area contributed by atoms with Crippen LogP contribution in [0, 0.1) is 0 Å². The first-order valence-corrected chi connectivity index (χ1v) is 7.93. The highest BCUT2D eigenvalue weighted by Gasteiger charge is 2.26. The molecule has 2 nitrogen and oxygen atoms in total. The van der Waals surface area contributed by atoms with Crippen LogP contribution in [0.1, 0.15) is 32.1 Å². The molecule has 0 saturated heterocycles. The fourth-order valence-electron chi connectivity index (χ4n) is 3.12. The Bertz CT molecular complexity index is 554. The van der Waals surface area contributed by atoms with Crippen molar-refractivity contribution in [2.45, 2.75) is 37.6 Å². The van der Waals surface area contributed by atoms with Crippen molar-refractivity contribution >= 4 is 5.69 Å². The van der Waals surface area contributed by atoms with E-state index in [-0.39, 0.29) is 5.54 Å². The standard InChI is InChI=1S/C19H24N2/c20-19(13-5-2-6-14-19)15-21-18-11-9-17(10-12-18)16-7-3-1-4-8-16/h1,3-4,7-12,21H,2,5-6,13-15,20H2. The van der Waals surface area contributed by atoms with Gasteiger partial charge in [0.1, 0.15) is 0 Å². The van der Waals surface area contributed by atoms with E-state index in [1.807, 2.05) is 6.07 Å². The van der Waals surface area contributed by atoms with Crippen molar-refractivity contribution < 1.29 is 0 Å². The van der Waals surface area contributed by atoms with Crippen LogP contribution in [0.25, 0.3) is 11.1 Å². The fraction of sp³-hybridized carbons (Fsp3) is 0.368. The largest absolute Gasteiger partial charge is 0.383 e. The maximum atomic E-state index is 6.47. The molecule has 1 fully saturated rings. The van der Waals surface area contributed by atoms with Gasteiger partial charge in [-0.05, 0) is 36.1 Å². The van der Waals surface area contributed by atoms with Gasteiger partial charge in [-0.2, -0.15) is 0 Å². The summed E-state index contributed by atoms with van der Waals surface area (Å²) in [5.41, 5.74) is 10.1. The van der Waals surface area contributed by atoms with Crippen molar-refractivity contribution in [2.75, 3.05) is 11.9 Å². The number of anilines is 1. The van der Waals surface area contributed by atoms with Gasteiger partial charge in [-0.15, -0.1) is 0 Å². The number of hydrogen-bond donors (Lipinski definition) is 2. The molecule has 0 radical (unpaired) electrons. The highest BCUT2D eigenvalue weighted by atomic mass is 14.9. The SMILES string of the molecule is NC1(CNc2ccc(-c3ccccc3)cc2)CCCCC1. The van der Waals surface area contributed by atoms with Crippen LogP contribution in [0.15, 0.2) is 54.6 Å². The molecule has 0 atom stereocenters. The van der Waals surface area contributed by atoms with E-state index in [9.17, 15) is 0 Å². The molecule has 1 saturated carbocycles. The smallest absolute Gasteiger partial charge is 0.0341 e. The number of benzene rings is 2. The van der Waals surface area contributed by atoms with Crippen LogP contribution < -0.4 is 11.1 Å². The summed E-state index contributed by atoms with van der Waals surface area (Å²) >= 11 is 0. The van der Waals surface area contributed by atoms with Crippen molar-refractivity contribution in [1.29, 1.82) is 0 Å². The van der Waals surface area contributed by atoms with Gasteiger partial charge in [-0.25, -0.2) is 0 Å². The molecule has 2 aromatic rings. The van der Waals surface area contributed by atoms with E-state index in [4.69, 9.17) is 5.73 Å². The molecule has 21 heavy (non-hydrogen) atoms. The first-order valence-electron chi connectivity index (χ1n) is 7.93. The number of rotatable bonds is 4. The van der Waals surface area contributed by atoms with Gasteiger partial charge in [0.25, 0.3) is 0 Å². The molecular weight excluding hydrogens is 256 g/mol. The summed E-state index contributed by atoms with van der Waals surface area (Å²) in [4.78, 5) is 0. The molecule has 0 amide bonds. The molecule has 0 unspecified atom stereocenters. The normalized spacial score (nSPS) is 17.4. The van der Waals surface area contributed by atoms with Crippen molar-refractivity contribution in [2.24, 2.45) is 5.73 Å². The molecule has 0 heterocycles. The van der Waals surface area contributed by atoms with Gasteiger partial charge in [0.2, 0.25) is 0 Å². The summed E-state index contributed by atoms with van der Waals surface area (Å²) in [6.45, 7) is 0.873. The monoisotopic (exact) mass is 280 g/mol. The second-order valence-corrected chi connectivity index (χ2v) is 6.22. The van der Waals surface area contributed by atoms with Crippen LogP contribution in [0.4, 0.5) is 5.69 Å². The number of nitrogens with two attached hydrogens (primary N) is 1. The second kappa shape index (κ2) is 6.31. The summed E-state index contributed by atoms with van der Waals surface area (Å²) in [6.07, 6.45) is 6.16. The molecule has 0 aliphatic heterocycles. The van der Waals surface area contributed by atoms with Crippen LogP contribution in [0.2, 0.25) is 0 Å². The van der Waals surface area contributed by atoms with Crippen LogP contribution in [-0.2, 0) is 0 Å². The maximum absolute atomic E-state index is 6.47. The summed E-state index contributed by atoms with van der Waals surface area (Å²) in [7, 11) is 0. The maximum Gasteiger partial charge on any atom is 0.0341 e. The zero-order valence-corrected chi connectivity index (χ0v) is 12.5. The van der Waals surface area contributed by atoms with Gasteiger partial charge in [-0.1, -0.05) is 61.7 Å². The first kappa shape index (κ1) is 14.2. The lowest BCUT2D eigenvalue weighted by atomic mass is 9.82. The van der Waals surface area contributed by atoms with Crippen molar-refractivity contribution in [3.05, 3.63) is 54.6 Å². The van der Waals surface area contributed by atoms with Crippen LogP contribution in [-0.4, -0.2) is 12.1 Å². The third-order valence-corrected chi connectivity index (χ3v) is 4.49. The highest BCUT2D eigenvalue weighted by Crippen LogP contribution is 2.27. The third kappa shape index (κ3) is 3.64. The molecule has 2 aromatic carbocycles. The first-order chi connectivity index (χ1) is 10.3. The number of nitrogens with one attached hydrogen (secondary N) is 1. The molecule has 1 aliphatic rings. The van der Waals surface area contributed by atoms with Crippen molar-refractivity contribution in [1.82, 2.24) is 0 Å². The Morgan fingerprint density at radius 3 is 2.10 bits per heavy atom. The lowest BCUT2D eigenvalue weighted by Gasteiger charge is -2.33. The minimum absolute atomic E-state index is 0.0175. The molecule has 3 N–H and O–H groups in total. The van der Waals surface area contributed by atoms with Gasteiger partial charge in [0.15, 0.2) is 0 Å². The number of hydrogen-bond acceptors (Lipinski definition) is 2. The van der Waals surface area contributed by atoms with Crippen LogP contribution in [0.3, 0.4) is 0 Å². The van der Waals surface area contributed by atoms with E-state index < -0.39 is 0 Å². The molecule has 0 spiro atoms. The molecule has 0 aromatic heterocycles. The van der Waals surface area contributed by atoms with E-state index in [1.54, 1.807) is 0 Å². The molecular formula is C19H24N2. The molecule has 0 bridgehead atoms. The van der Waals surface area contributed by atoms with Gasteiger partial charge in [0.05, 0.1) is 0 Å². The predicted octanol–water partition coefficient (Wildman–Crippen LogP) is 4.43. The van der Waals surface area contributed by atoms with Gasteiger partial charge in [0, 0.05) is 17.8 Å². The van der Waals surface area contributed by atoms with E-state index >= 15 is 0 Å². The molecule has 2 heteroatoms. The Morgan fingerprint density at radius 2 is 1.43 bits per heavy atom. The van der Waals surface area contributed by atoms with Crippen LogP contribution in [0.5, 0.6) is 0 Å². The van der Waals surface area contributed by atoms with E-state index in [2.05, 4.69) is 53.8 Å². The zero-order valence-electron chi connectivity index (χ0n) is 12.5. The topological polar surface area (TPSA) is 38.0 Å². The average molecular weight is 280 g/mol. The lowest BCUT2D eigenvalue weighted by Crippen LogP contribution is -2.47. The summed E-state index contributed by atoms with van der Waals surface area (Å²) < 4.78 is 0. The van der Waals surface area contributed by atoms with Gasteiger partial charge < -0.3 is 11.1 Å². The molecule has 110 valence electrons. The second-order valence-electron chi connectivity index (χ2n) is 6.22. The van der Waals surface area contributed by atoms with Gasteiger partial charge >= 0.3 is 0 Å².